The Balaban J connectivity index is 1.29. The monoisotopic (exact) mass is 517 g/mol. The van der Waals surface area contributed by atoms with Gasteiger partial charge in [0.15, 0.2) is 0 Å². The lowest BCUT2D eigenvalue weighted by molar-refractivity contribution is 0.0628. The number of fused-ring (bicyclic) bond motifs is 1. The molecule has 2 aromatic heterocycles. The van der Waals surface area contributed by atoms with Crippen molar-refractivity contribution in [3.05, 3.63) is 90.4 Å². The molecule has 0 aliphatic carbocycles. The van der Waals surface area contributed by atoms with Gasteiger partial charge in [-0.05, 0) is 48.0 Å². The number of rotatable bonds is 7. The number of piperazine rings is 1. The maximum atomic E-state index is 13.2. The fourth-order valence-corrected chi connectivity index (χ4v) is 5.69. The predicted octanol–water partition coefficient (Wildman–Crippen LogP) is 3.40. The van der Waals surface area contributed by atoms with Crippen LogP contribution in [-0.2, 0) is 16.6 Å². The Bertz CT molecular complexity index is 1520. The van der Waals surface area contributed by atoms with E-state index in [2.05, 4.69) is 19.6 Å². The van der Waals surface area contributed by atoms with Crippen LogP contribution < -0.4 is 9.46 Å². The Labute approximate surface area is 215 Å². The molecule has 0 unspecified atom stereocenters. The van der Waals surface area contributed by atoms with Gasteiger partial charge in [-0.2, -0.15) is 0 Å². The summed E-state index contributed by atoms with van der Waals surface area (Å²) in [5, 5.41) is 0.721. The van der Waals surface area contributed by atoms with E-state index in [1.807, 2.05) is 17.0 Å². The van der Waals surface area contributed by atoms with Crippen LogP contribution in [-0.4, -0.2) is 67.4 Å². The van der Waals surface area contributed by atoms with Crippen LogP contribution in [0.2, 0.25) is 0 Å². The quantitative estimate of drug-likeness (QED) is 0.401. The van der Waals surface area contributed by atoms with E-state index in [0.29, 0.717) is 24.2 Å². The van der Waals surface area contributed by atoms with Crippen LogP contribution in [0, 0.1) is 0 Å². The fourth-order valence-electron chi connectivity index (χ4n) is 4.44. The van der Waals surface area contributed by atoms with Gasteiger partial charge in [0.1, 0.15) is 10.6 Å². The zero-order valence-electron chi connectivity index (χ0n) is 20.4. The van der Waals surface area contributed by atoms with Gasteiger partial charge < -0.3 is 9.64 Å². The first kappa shape index (κ1) is 24.7. The third kappa shape index (κ3) is 5.40. The molecule has 1 N–H and O–H groups in total. The molecule has 1 saturated heterocycles. The van der Waals surface area contributed by atoms with Crippen LogP contribution in [0.1, 0.15) is 15.9 Å². The van der Waals surface area contributed by atoms with Gasteiger partial charge in [-0.25, -0.2) is 8.42 Å². The number of sulfonamides is 1. The van der Waals surface area contributed by atoms with E-state index in [0.717, 1.165) is 25.0 Å². The number of carbonyl (C=O) groups excluding carboxylic acids is 1. The summed E-state index contributed by atoms with van der Waals surface area (Å²) in [5.74, 6) is 0.147. The zero-order valence-corrected chi connectivity index (χ0v) is 21.2. The fraction of sp³-hybridized carbons (Fsp3) is 0.222. The molecule has 1 fully saturated rings. The summed E-state index contributed by atoms with van der Waals surface area (Å²) in [6.07, 6.45) is 5.12. The first-order valence-electron chi connectivity index (χ1n) is 11.9. The minimum atomic E-state index is -3.96. The topological polar surface area (TPSA) is 105 Å². The zero-order chi connectivity index (χ0) is 25.8. The second-order valence-corrected chi connectivity index (χ2v) is 10.4. The largest absolute Gasteiger partial charge is 0.495 e. The molecule has 0 atom stereocenters. The molecule has 37 heavy (non-hydrogen) atoms. The van der Waals surface area contributed by atoms with Crippen LogP contribution >= 0.6 is 0 Å². The number of methoxy groups -OCH3 is 1. The van der Waals surface area contributed by atoms with Crippen molar-refractivity contribution in [1.29, 1.82) is 0 Å². The van der Waals surface area contributed by atoms with Gasteiger partial charge in [-0.3, -0.25) is 24.4 Å². The van der Waals surface area contributed by atoms with Gasteiger partial charge in [0.05, 0.1) is 18.3 Å². The number of aromatic nitrogens is 2. The number of nitrogens with one attached hydrogen (secondary N) is 1. The molecule has 3 heterocycles. The third-order valence-electron chi connectivity index (χ3n) is 6.39. The van der Waals surface area contributed by atoms with Crippen LogP contribution in [0.15, 0.2) is 84.1 Å². The number of pyridine rings is 2. The SMILES string of the molecule is COc1cc(C(=O)N2CCN(Cc3ccncc3)CC2)ccc1NS(=O)(=O)c1cccc2cccnc12. The van der Waals surface area contributed by atoms with Crippen molar-refractivity contribution in [2.24, 2.45) is 0 Å². The van der Waals surface area contributed by atoms with Gasteiger partial charge >= 0.3 is 0 Å². The maximum absolute atomic E-state index is 13.2. The number of benzene rings is 2. The Kier molecular flexibility index (Phi) is 7.02. The number of para-hydroxylation sites is 1. The Morgan fingerprint density at radius 2 is 1.73 bits per heavy atom. The first-order valence-corrected chi connectivity index (χ1v) is 13.4. The second-order valence-electron chi connectivity index (χ2n) is 8.78. The number of amides is 1. The summed E-state index contributed by atoms with van der Waals surface area (Å²) in [6, 6.07) is 17.3. The van der Waals surface area contributed by atoms with E-state index in [-0.39, 0.29) is 22.2 Å². The van der Waals surface area contributed by atoms with E-state index in [4.69, 9.17) is 4.74 Å². The smallest absolute Gasteiger partial charge is 0.264 e. The summed E-state index contributed by atoms with van der Waals surface area (Å²) in [7, 11) is -2.51. The van der Waals surface area contributed by atoms with E-state index < -0.39 is 10.0 Å². The van der Waals surface area contributed by atoms with Gasteiger partial charge in [-0.1, -0.05) is 18.2 Å². The third-order valence-corrected chi connectivity index (χ3v) is 7.79. The highest BCUT2D eigenvalue weighted by Crippen LogP contribution is 2.30. The molecule has 0 radical (unpaired) electrons. The first-order chi connectivity index (χ1) is 17.9. The van der Waals surface area contributed by atoms with Gasteiger partial charge in [0, 0.05) is 62.3 Å². The highest BCUT2D eigenvalue weighted by Gasteiger charge is 2.24. The van der Waals surface area contributed by atoms with Crippen molar-refractivity contribution in [1.82, 2.24) is 19.8 Å². The van der Waals surface area contributed by atoms with Crippen molar-refractivity contribution >= 4 is 32.5 Å². The molecular formula is C27H27N5O4S. The number of anilines is 1. The van der Waals surface area contributed by atoms with Gasteiger partial charge in [-0.15, -0.1) is 0 Å². The van der Waals surface area contributed by atoms with Crippen molar-refractivity contribution < 1.29 is 17.9 Å². The number of hydrogen-bond acceptors (Lipinski definition) is 7. The molecule has 190 valence electrons. The van der Waals surface area contributed by atoms with E-state index in [9.17, 15) is 13.2 Å². The molecule has 0 saturated carbocycles. The van der Waals surface area contributed by atoms with Crippen molar-refractivity contribution in [3.8, 4) is 5.75 Å². The highest BCUT2D eigenvalue weighted by molar-refractivity contribution is 7.93. The molecular weight excluding hydrogens is 490 g/mol. The lowest BCUT2D eigenvalue weighted by Crippen LogP contribution is -2.48. The molecule has 1 aliphatic rings. The van der Waals surface area contributed by atoms with Crippen LogP contribution in [0.4, 0.5) is 5.69 Å². The number of carbonyl (C=O) groups is 1. The Hall–Kier alpha value is -4.02. The average molecular weight is 518 g/mol. The molecule has 1 amide bonds. The number of nitrogens with zero attached hydrogens (tertiary/aromatic N) is 4. The summed E-state index contributed by atoms with van der Waals surface area (Å²) in [4.78, 5) is 25.7. The van der Waals surface area contributed by atoms with Crippen molar-refractivity contribution in [2.75, 3.05) is 38.0 Å². The normalized spacial score (nSPS) is 14.5. The molecule has 5 rings (SSSR count). The Morgan fingerprint density at radius 3 is 2.49 bits per heavy atom. The van der Waals surface area contributed by atoms with Crippen LogP contribution in [0.5, 0.6) is 5.75 Å². The number of hydrogen-bond donors (Lipinski definition) is 1. The molecule has 0 bridgehead atoms. The van der Waals surface area contributed by atoms with Gasteiger partial charge in [0.2, 0.25) is 0 Å². The maximum Gasteiger partial charge on any atom is 0.264 e. The lowest BCUT2D eigenvalue weighted by atomic mass is 10.1. The summed E-state index contributed by atoms with van der Waals surface area (Å²) < 4.78 is 34.5. The second kappa shape index (κ2) is 10.5. The van der Waals surface area contributed by atoms with Gasteiger partial charge in [0.25, 0.3) is 15.9 Å². The average Bonchev–Trinajstić information content (AvgIpc) is 2.93. The van der Waals surface area contributed by atoms with E-state index in [1.54, 1.807) is 61.1 Å². The molecule has 10 heteroatoms. The summed E-state index contributed by atoms with van der Waals surface area (Å²) in [5.41, 5.74) is 2.26. The predicted molar refractivity (Wildman–Crippen MR) is 141 cm³/mol. The van der Waals surface area contributed by atoms with E-state index in [1.165, 1.54) is 18.7 Å². The standard InChI is InChI=1S/C27H27N5O4S/c1-36-24-18-22(27(33)32-16-14-31(15-17-32)19-20-9-12-28-13-10-20)7-8-23(24)30-37(34,35)25-6-2-4-21-5-3-11-29-26(21)25/h2-13,18,30H,14-17,19H2,1H3. The molecule has 4 aromatic rings. The lowest BCUT2D eigenvalue weighted by Gasteiger charge is -2.34. The highest BCUT2D eigenvalue weighted by atomic mass is 32.2. The summed E-state index contributed by atoms with van der Waals surface area (Å²) >= 11 is 0. The minimum Gasteiger partial charge on any atom is -0.495 e. The van der Waals surface area contributed by atoms with Crippen LogP contribution in [0.3, 0.4) is 0 Å². The molecule has 0 spiro atoms. The minimum absolute atomic E-state index is 0.0671. The summed E-state index contributed by atoms with van der Waals surface area (Å²) in [6.45, 7) is 3.56. The molecule has 1 aliphatic heterocycles. The van der Waals surface area contributed by atoms with Crippen molar-refractivity contribution in [2.45, 2.75) is 11.4 Å². The van der Waals surface area contributed by atoms with E-state index >= 15 is 0 Å². The molecule has 2 aromatic carbocycles. The Morgan fingerprint density at radius 1 is 0.973 bits per heavy atom. The van der Waals surface area contributed by atoms with Crippen molar-refractivity contribution in [3.63, 3.8) is 0 Å². The van der Waals surface area contributed by atoms with Crippen LogP contribution in [0.25, 0.3) is 10.9 Å². The molecule has 9 nitrogen and oxygen atoms in total. The number of ether oxygens (including phenoxy) is 1.